The summed E-state index contributed by atoms with van der Waals surface area (Å²) in [5, 5.41) is 0. The maximum absolute atomic E-state index is 12.4. The molecule has 0 aliphatic carbocycles. The van der Waals surface area contributed by atoms with Gasteiger partial charge in [0, 0.05) is 6.54 Å². The zero-order valence-electron chi connectivity index (χ0n) is 15.0. The summed E-state index contributed by atoms with van der Waals surface area (Å²) in [6.07, 6.45) is 4.73. The number of hydrogen-bond donors (Lipinski definition) is 0. The van der Waals surface area contributed by atoms with Crippen LogP contribution in [0, 0.1) is 5.92 Å². The SMILES string of the molecule is CC(C)C1C(c2ccccc2)OC(=O)N1CCCN1CCCCC1. The summed E-state index contributed by atoms with van der Waals surface area (Å²) in [6.45, 7) is 8.67. The normalized spacial score (nSPS) is 25.3. The van der Waals surface area contributed by atoms with Crippen LogP contribution in [0.15, 0.2) is 30.3 Å². The van der Waals surface area contributed by atoms with Crippen molar-refractivity contribution in [1.29, 1.82) is 0 Å². The molecule has 0 bridgehead atoms. The Bertz CT molecular complexity index is 526. The number of nitrogens with zero attached hydrogens (tertiary/aromatic N) is 2. The average molecular weight is 330 g/mol. The van der Waals surface area contributed by atoms with Gasteiger partial charge in [0.15, 0.2) is 0 Å². The fourth-order valence-corrected chi connectivity index (χ4v) is 4.04. The van der Waals surface area contributed by atoms with Gasteiger partial charge in [-0.15, -0.1) is 0 Å². The lowest BCUT2D eigenvalue weighted by Crippen LogP contribution is -2.40. The first kappa shape index (κ1) is 17.3. The Labute approximate surface area is 145 Å². The van der Waals surface area contributed by atoms with E-state index in [1.54, 1.807) is 0 Å². The van der Waals surface area contributed by atoms with E-state index in [1.807, 2.05) is 23.1 Å². The molecule has 2 fully saturated rings. The molecule has 2 atom stereocenters. The highest BCUT2D eigenvalue weighted by Gasteiger charge is 2.43. The highest BCUT2D eigenvalue weighted by atomic mass is 16.6. The first-order chi connectivity index (χ1) is 11.7. The van der Waals surface area contributed by atoms with Crippen molar-refractivity contribution in [2.45, 2.75) is 51.7 Å². The lowest BCUT2D eigenvalue weighted by Gasteiger charge is -2.30. The molecule has 24 heavy (non-hydrogen) atoms. The van der Waals surface area contributed by atoms with E-state index in [-0.39, 0.29) is 18.2 Å². The molecule has 0 radical (unpaired) electrons. The van der Waals surface area contributed by atoms with Crippen LogP contribution in [-0.4, -0.2) is 48.1 Å². The molecule has 0 saturated carbocycles. The Morgan fingerprint density at radius 2 is 1.79 bits per heavy atom. The first-order valence-electron chi connectivity index (χ1n) is 9.41. The molecular weight excluding hydrogens is 300 g/mol. The Hall–Kier alpha value is -1.55. The van der Waals surface area contributed by atoms with Crippen molar-refractivity contribution in [1.82, 2.24) is 9.80 Å². The molecule has 2 heterocycles. The van der Waals surface area contributed by atoms with Crippen LogP contribution in [0.3, 0.4) is 0 Å². The van der Waals surface area contributed by atoms with Crippen LogP contribution in [0.1, 0.15) is 51.2 Å². The highest BCUT2D eigenvalue weighted by molar-refractivity contribution is 5.71. The molecule has 2 aliphatic rings. The Kier molecular flexibility index (Phi) is 5.77. The second-order valence-electron chi connectivity index (χ2n) is 7.40. The molecule has 3 rings (SSSR count). The maximum Gasteiger partial charge on any atom is 0.410 e. The Morgan fingerprint density at radius 3 is 2.46 bits per heavy atom. The van der Waals surface area contributed by atoms with Gasteiger partial charge < -0.3 is 14.5 Å². The third-order valence-electron chi connectivity index (χ3n) is 5.27. The molecule has 1 amide bonds. The third kappa shape index (κ3) is 3.92. The van der Waals surface area contributed by atoms with Crippen molar-refractivity contribution in [3.8, 4) is 0 Å². The molecule has 132 valence electrons. The topological polar surface area (TPSA) is 32.8 Å². The van der Waals surface area contributed by atoms with Crippen LogP contribution in [0.5, 0.6) is 0 Å². The van der Waals surface area contributed by atoms with E-state index in [0.717, 1.165) is 25.1 Å². The number of ether oxygens (including phenoxy) is 1. The van der Waals surface area contributed by atoms with Gasteiger partial charge in [0.2, 0.25) is 0 Å². The van der Waals surface area contributed by atoms with E-state index in [9.17, 15) is 4.79 Å². The highest BCUT2D eigenvalue weighted by Crippen LogP contribution is 2.36. The number of carbonyl (C=O) groups excluding carboxylic acids is 1. The lowest BCUT2D eigenvalue weighted by molar-refractivity contribution is 0.126. The summed E-state index contributed by atoms with van der Waals surface area (Å²) in [4.78, 5) is 16.9. The van der Waals surface area contributed by atoms with Gasteiger partial charge in [-0.25, -0.2) is 4.79 Å². The minimum absolute atomic E-state index is 0.126. The molecule has 2 aliphatic heterocycles. The van der Waals surface area contributed by atoms with E-state index in [0.29, 0.717) is 5.92 Å². The number of piperidine rings is 1. The predicted molar refractivity (Wildman–Crippen MR) is 95.9 cm³/mol. The Morgan fingerprint density at radius 1 is 1.08 bits per heavy atom. The molecule has 1 aromatic rings. The van der Waals surface area contributed by atoms with Crippen molar-refractivity contribution in [2.24, 2.45) is 5.92 Å². The molecular formula is C20H30N2O2. The average Bonchev–Trinajstić information content (AvgIpc) is 2.94. The maximum atomic E-state index is 12.4. The quantitative estimate of drug-likeness (QED) is 0.788. The van der Waals surface area contributed by atoms with Crippen LogP contribution < -0.4 is 0 Å². The number of hydrogen-bond acceptors (Lipinski definition) is 3. The monoisotopic (exact) mass is 330 g/mol. The molecule has 0 N–H and O–H groups in total. The van der Waals surface area contributed by atoms with Crippen LogP contribution in [0.2, 0.25) is 0 Å². The van der Waals surface area contributed by atoms with Gasteiger partial charge in [0.05, 0.1) is 6.04 Å². The number of cyclic esters (lactones) is 1. The van der Waals surface area contributed by atoms with Gasteiger partial charge in [-0.3, -0.25) is 0 Å². The van der Waals surface area contributed by atoms with E-state index in [4.69, 9.17) is 4.74 Å². The smallest absolute Gasteiger partial charge is 0.410 e. The van der Waals surface area contributed by atoms with E-state index in [1.165, 1.54) is 32.4 Å². The summed E-state index contributed by atoms with van der Waals surface area (Å²) in [7, 11) is 0. The largest absolute Gasteiger partial charge is 0.439 e. The Balaban J connectivity index is 1.62. The third-order valence-corrected chi connectivity index (χ3v) is 5.27. The van der Waals surface area contributed by atoms with Gasteiger partial charge in [-0.05, 0) is 50.4 Å². The molecule has 1 aromatic carbocycles. The molecule has 4 heteroatoms. The fraction of sp³-hybridized carbons (Fsp3) is 0.650. The van der Waals surface area contributed by atoms with Crippen LogP contribution in [0.25, 0.3) is 0 Å². The summed E-state index contributed by atoms with van der Waals surface area (Å²) >= 11 is 0. The first-order valence-corrected chi connectivity index (χ1v) is 9.41. The van der Waals surface area contributed by atoms with Crippen molar-refractivity contribution in [3.63, 3.8) is 0 Å². The standard InChI is InChI=1S/C20H30N2O2/c1-16(2)18-19(17-10-5-3-6-11-17)24-20(23)22(18)15-9-14-21-12-7-4-8-13-21/h3,5-6,10-11,16,18-19H,4,7-9,12-15H2,1-2H3. The molecule has 2 saturated heterocycles. The molecule has 2 unspecified atom stereocenters. The summed E-state index contributed by atoms with van der Waals surface area (Å²) in [5.74, 6) is 0.372. The van der Waals surface area contributed by atoms with Crippen molar-refractivity contribution < 1.29 is 9.53 Å². The van der Waals surface area contributed by atoms with Crippen LogP contribution in [0.4, 0.5) is 4.79 Å². The van der Waals surface area contributed by atoms with E-state index in [2.05, 4.69) is 30.9 Å². The second kappa shape index (κ2) is 8.02. The van der Waals surface area contributed by atoms with E-state index >= 15 is 0 Å². The number of amides is 1. The summed E-state index contributed by atoms with van der Waals surface area (Å²) in [5.41, 5.74) is 1.10. The predicted octanol–water partition coefficient (Wildman–Crippen LogP) is 4.08. The van der Waals surface area contributed by atoms with Crippen molar-refractivity contribution in [2.75, 3.05) is 26.2 Å². The fourth-order valence-electron chi connectivity index (χ4n) is 4.04. The summed E-state index contributed by atoms with van der Waals surface area (Å²) < 4.78 is 5.75. The van der Waals surface area contributed by atoms with Crippen LogP contribution in [-0.2, 0) is 4.74 Å². The molecule has 0 aromatic heterocycles. The number of rotatable bonds is 6. The minimum Gasteiger partial charge on any atom is -0.439 e. The van der Waals surface area contributed by atoms with Gasteiger partial charge >= 0.3 is 6.09 Å². The second-order valence-corrected chi connectivity index (χ2v) is 7.40. The van der Waals surface area contributed by atoms with Gasteiger partial charge in [0.25, 0.3) is 0 Å². The molecule has 4 nitrogen and oxygen atoms in total. The lowest BCUT2D eigenvalue weighted by atomic mass is 9.93. The minimum atomic E-state index is -0.152. The number of benzene rings is 1. The number of carbonyl (C=O) groups is 1. The van der Waals surface area contributed by atoms with E-state index < -0.39 is 0 Å². The summed E-state index contributed by atoms with van der Waals surface area (Å²) in [6, 6.07) is 10.3. The van der Waals surface area contributed by atoms with Crippen molar-refractivity contribution in [3.05, 3.63) is 35.9 Å². The van der Waals surface area contributed by atoms with Gasteiger partial charge in [-0.2, -0.15) is 0 Å². The van der Waals surface area contributed by atoms with Crippen molar-refractivity contribution >= 4 is 6.09 Å². The zero-order valence-corrected chi connectivity index (χ0v) is 15.0. The van der Waals surface area contributed by atoms with Crippen LogP contribution >= 0.6 is 0 Å². The zero-order chi connectivity index (χ0) is 16.9. The molecule has 0 spiro atoms. The van der Waals surface area contributed by atoms with Gasteiger partial charge in [0.1, 0.15) is 6.10 Å². The van der Waals surface area contributed by atoms with Gasteiger partial charge in [-0.1, -0.05) is 50.6 Å². The number of likely N-dealkylation sites (tertiary alicyclic amines) is 1.